The molecule has 3 heterocycles. The number of halogens is 1. The Kier molecular flexibility index (Phi) is 3.14. The first-order valence-corrected chi connectivity index (χ1v) is 6.94. The Labute approximate surface area is 119 Å². The molecule has 3 rings (SSSR count). The normalized spacial score (nSPS) is 16.1. The van der Waals surface area contributed by atoms with Gasteiger partial charge in [-0.15, -0.1) is 0 Å². The second kappa shape index (κ2) is 4.80. The lowest BCUT2D eigenvalue weighted by molar-refractivity contribution is -0.129. The van der Waals surface area contributed by atoms with Crippen molar-refractivity contribution < 1.29 is 4.79 Å². The molecule has 0 bridgehead atoms. The quantitative estimate of drug-likeness (QED) is 0.790. The standard InChI is InChI=1S/C12H14BrN5O/c1-9(19)16-4-6-17(7-5-16)12-11-14-2-3-18(11)8-10(13)15-12/h2-3,8H,4-7H2,1H3. The summed E-state index contributed by atoms with van der Waals surface area (Å²) in [6.07, 6.45) is 5.55. The van der Waals surface area contributed by atoms with Crippen molar-refractivity contribution in [3.8, 4) is 0 Å². The summed E-state index contributed by atoms with van der Waals surface area (Å²) in [4.78, 5) is 24.2. The molecule has 0 aromatic carbocycles. The molecule has 1 fully saturated rings. The summed E-state index contributed by atoms with van der Waals surface area (Å²) in [5.41, 5.74) is 0.847. The maximum Gasteiger partial charge on any atom is 0.219 e. The molecule has 0 unspecified atom stereocenters. The number of fused-ring (bicyclic) bond motifs is 1. The van der Waals surface area contributed by atoms with Crippen LogP contribution in [0.2, 0.25) is 0 Å². The summed E-state index contributed by atoms with van der Waals surface area (Å²) in [6, 6.07) is 0. The van der Waals surface area contributed by atoms with Gasteiger partial charge >= 0.3 is 0 Å². The van der Waals surface area contributed by atoms with Gasteiger partial charge in [-0.05, 0) is 15.9 Å². The molecule has 1 saturated heterocycles. The lowest BCUT2D eigenvalue weighted by atomic mass is 10.3. The fourth-order valence-electron chi connectivity index (χ4n) is 2.33. The first-order chi connectivity index (χ1) is 9.15. The van der Waals surface area contributed by atoms with Gasteiger partial charge < -0.3 is 14.2 Å². The number of nitrogens with zero attached hydrogens (tertiary/aromatic N) is 5. The molecule has 0 N–H and O–H groups in total. The van der Waals surface area contributed by atoms with Crippen molar-refractivity contribution in [1.82, 2.24) is 19.3 Å². The van der Waals surface area contributed by atoms with E-state index >= 15 is 0 Å². The van der Waals surface area contributed by atoms with Gasteiger partial charge in [0.25, 0.3) is 0 Å². The largest absolute Gasteiger partial charge is 0.350 e. The molecule has 1 amide bonds. The van der Waals surface area contributed by atoms with Gasteiger partial charge in [0, 0.05) is 51.7 Å². The number of aromatic nitrogens is 3. The van der Waals surface area contributed by atoms with Crippen LogP contribution in [0.25, 0.3) is 5.65 Å². The van der Waals surface area contributed by atoms with Crippen molar-refractivity contribution in [2.45, 2.75) is 6.92 Å². The highest BCUT2D eigenvalue weighted by Crippen LogP contribution is 2.22. The number of carbonyl (C=O) groups is 1. The van der Waals surface area contributed by atoms with Crippen LogP contribution in [0.1, 0.15) is 6.92 Å². The monoisotopic (exact) mass is 323 g/mol. The number of hydrogen-bond donors (Lipinski definition) is 0. The zero-order valence-electron chi connectivity index (χ0n) is 10.6. The summed E-state index contributed by atoms with van der Waals surface area (Å²) < 4.78 is 2.73. The fraction of sp³-hybridized carbons (Fsp3) is 0.417. The number of piperazine rings is 1. The Balaban J connectivity index is 1.89. The summed E-state index contributed by atoms with van der Waals surface area (Å²) in [5.74, 6) is 0.996. The molecular weight excluding hydrogens is 310 g/mol. The minimum absolute atomic E-state index is 0.132. The maximum atomic E-state index is 11.3. The zero-order valence-corrected chi connectivity index (χ0v) is 12.2. The van der Waals surface area contributed by atoms with Crippen molar-refractivity contribution in [2.24, 2.45) is 0 Å². The molecule has 2 aromatic heterocycles. The average molecular weight is 324 g/mol. The number of amides is 1. The van der Waals surface area contributed by atoms with Crippen molar-refractivity contribution in [2.75, 3.05) is 31.1 Å². The first-order valence-electron chi connectivity index (χ1n) is 6.15. The second-order valence-electron chi connectivity index (χ2n) is 4.54. The summed E-state index contributed by atoms with van der Waals surface area (Å²) in [7, 11) is 0. The van der Waals surface area contributed by atoms with Crippen LogP contribution in [0, 0.1) is 0 Å². The van der Waals surface area contributed by atoms with Gasteiger partial charge in [0.15, 0.2) is 11.5 Å². The van der Waals surface area contributed by atoms with E-state index in [9.17, 15) is 4.79 Å². The minimum atomic E-state index is 0.132. The van der Waals surface area contributed by atoms with E-state index in [2.05, 4.69) is 30.8 Å². The fourth-order valence-corrected chi connectivity index (χ4v) is 2.72. The Hall–Kier alpha value is -1.63. The van der Waals surface area contributed by atoms with E-state index in [1.807, 2.05) is 21.7 Å². The van der Waals surface area contributed by atoms with Gasteiger partial charge in [-0.3, -0.25) is 4.79 Å². The van der Waals surface area contributed by atoms with E-state index < -0.39 is 0 Å². The van der Waals surface area contributed by atoms with Gasteiger partial charge in [0.2, 0.25) is 5.91 Å². The Morgan fingerprint density at radius 1 is 1.32 bits per heavy atom. The zero-order chi connectivity index (χ0) is 13.4. The van der Waals surface area contributed by atoms with Crippen molar-refractivity contribution in [3.05, 3.63) is 23.2 Å². The molecule has 0 spiro atoms. The van der Waals surface area contributed by atoms with E-state index in [1.54, 1.807) is 13.1 Å². The molecule has 0 atom stereocenters. The number of hydrogen-bond acceptors (Lipinski definition) is 4. The molecule has 0 aliphatic carbocycles. The molecule has 0 radical (unpaired) electrons. The van der Waals surface area contributed by atoms with E-state index in [-0.39, 0.29) is 5.91 Å². The van der Waals surface area contributed by atoms with Crippen LogP contribution in [0.4, 0.5) is 5.82 Å². The number of anilines is 1. The lowest BCUT2D eigenvalue weighted by Gasteiger charge is -2.34. The predicted molar refractivity (Wildman–Crippen MR) is 75.2 cm³/mol. The van der Waals surface area contributed by atoms with E-state index in [0.29, 0.717) is 0 Å². The Morgan fingerprint density at radius 2 is 2.05 bits per heavy atom. The summed E-state index contributed by atoms with van der Waals surface area (Å²) in [5, 5.41) is 0. The molecule has 1 aliphatic heterocycles. The Bertz CT molecular complexity index is 618. The first kappa shape index (κ1) is 12.4. The molecule has 2 aromatic rings. The van der Waals surface area contributed by atoms with Gasteiger partial charge in [0.1, 0.15) is 4.60 Å². The van der Waals surface area contributed by atoms with Crippen LogP contribution in [-0.4, -0.2) is 51.4 Å². The third-order valence-electron chi connectivity index (χ3n) is 3.35. The van der Waals surface area contributed by atoms with Gasteiger partial charge in [-0.25, -0.2) is 9.97 Å². The molecule has 0 saturated carbocycles. The topological polar surface area (TPSA) is 53.7 Å². The molecular formula is C12H14BrN5O. The molecule has 100 valence electrons. The Morgan fingerprint density at radius 3 is 2.74 bits per heavy atom. The third kappa shape index (κ3) is 2.30. The molecule has 1 aliphatic rings. The molecule has 19 heavy (non-hydrogen) atoms. The van der Waals surface area contributed by atoms with Crippen LogP contribution >= 0.6 is 15.9 Å². The predicted octanol–water partition coefficient (Wildman–Crippen LogP) is 1.16. The number of rotatable bonds is 1. The van der Waals surface area contributed by atoms with Crippen LogP contribution in [-0.2, 0) is 4.79 Å². The van der Waals surface area contributed by atoms with Gasteiger partial charge in [0.05, 0.1) is 0 Å². The van der Waals surface area contributed by atoms with E-state index in [4.69, 9.17) is 0 Å². The number of carbonyl (C=O) groups excluding carboxylic acids is 1. The van der Waals surface area contributed by atoms with E-state index in [0.717, 1.165) is 42.2 Å². The highest BCUT2D eigenvalue weighted by atomic mass is 79.9. The average Bonchev–Trinajstić information content (AvgIpc) is 2.85. The van der Waals surface area contributed by atoms with Crippen molar-refractivity contribution >= 4 is 33.3 Å². The van der Waals surface area contributed by atoms with Crippen LogP contribution in [0.15, 0.2) is 23.2 Å². The van der Waals surface area contributed by atoms with Gasteiger partial charge in [-0.1, -0.05) is 0 Å². The second-order valence-corrected chi connectivity index (χ2v) is 5.35. The SMILES string of the molecule is CC(=O)N1CCN(c2nc(Br)cn3ccnc23)CC1. The van der Waals surface area contributed by atoms with E-state index in [1.165, 1.54) is 0 Å². The molecule has 6 nitrogen and oxygen atoms in total. The summed E-state index contributed by atoms with van der Waals surface area (Å²) >= 11 is 3.42. The van der Waals surface area contributed by atoms with Crippen LogP contribution in [0.5, 0.6) is 0 Å². The lowest BCUT2D eigenvalue weighted by Crippen LogP contribution is -2.48. The van der Waals surface area contributed by atoms with Crippen molar-refractivity contribution in [3.63, 3.8) is 0 Å². The highest BCUT2D eigenvalue weighted by molar-refractivity contribution is 9.10. The smallest absolute Gasteiger partial charge is 0.219 e. The van der Waals surface area contributed by atoms with Crippen molar-refractivity contribution in [1.29, 1.82) is 0 Å². The molecule has 7 heteroatoms. The van der Waals surface area contributed by atoms with Crippen LogP contribution < -0.4 is 4.90 Å². The highest BCUT2D eigenvalue weighted by Gasteiger charge is 2.22. The minimum Gasteiger partial charge on any atom is -0.350 e. The summed E-state index contributed by atoms with van der Waals surface area (Å²) in [6.45, 7) is 4.64. The number of imidazole rings is 1. The maximum absolute atomic E-state index is 11.3. The van der Waals surface area contributed by atoms with Gasteiger partial charge in [-0.2, -0.15) is 0 Å². The third-order valence-corrected chi connectivity index (χ3v) is 3.73. The van der Waals surface area contributed by atoms with Crippen LogP contribution in [0.3, 0.4) is 0 Å².